The van der Waals surface area contributed by atoms with E-state index in [-0.39, 0.29) is 29.2 Å². The summed E-state index contributed by atoms with van der Waals surface area (Å²) in [4.78, 5) is 35.4. The van der Waals surface area contributed by atoms with Gasteiger partial charge in [-0.1, -0.05) is 13.0 Å². The van der Waals surface area contributed by atoms with E-state index in [2.05, 4.69) is 30.9 Å². The van der Waals surface area contributed by atoms with Crippen molar-refractivity contribution in [2.75, 3.05) is 39.5 Å². The molecule has 6 aliphatic rings. The largest absolute Gasteiger partial charge is 0.539 e. The standard InChI is InChI=1S/C27H36N2O5.C2H2O4/c1-17-3-5-21-19(24(30)33-27(21)20(17)7-8-26(2)25(27)34-26)15-29-11-9-28(10-12-29)14-18-4-6-22-23(13-18)32-16-31-22;3-1(4)2(5)6/h4,6,13,17,19-21,25H,3,5,7-12,14-16H2,1-2H3;(H,3,4)(H,5,6). The van der Waals surface area contributed by atoms with Gasteiger partial charge in [0.1, 0.15) is 17.6 Å². The van der Waals surface area contributed by atoms with Gasteiger partial charge >= 0.3 is 11.9 Å². The smallest absolute Gasteiger partial charge is 0.351 e. The summed E-state index contributed by atoms with van der Waals surface area (Å²) >= 11 is 0. The van der Waals surface area contributed by atoms with Gasteiger partial charge in [-0.05, 0) is 56.2 Å². The van der Waals surface area contributed by atoms with Gasteiger partial charge in [0.2, 0.25) is 6.79 Å². The van der Waals surface area contributed by atoms with Crippen LogP contribution in [0.1, 0.15) is 45.1 Å². The van der Waals surface area contributed by atoms with E-state index in [1.807, 2.05) is 6.07 Å². The lowest BCUT2D eigenvalue weighted by Crippen LogP contribution is -3.15. The lowest BCUT2D eigenvalue weighted by Gasteiger charge is -2.50. The van der Waals surface area contributed by atoms with Crippen LogP contribution in [-0.4, -0.2) is 84.7 Å². The van der Waals surface area contributed by atoms with E-state index >= 15 is 0 Å². The Morgan fingerprint density at radius 1 is 1.12 bits per heavy atom. The minimum atomic E-state index is -2.07. The van der Waals surface area contributed by atoms with Gasteiger partial charge in [0, 0.05) is 31.5 Å². The van der Waals surface area contributed by atoms with E-state index in [1.165, 1.54) is 12.0 Å². The fraction of sp³-hybridized carbons (Fsp3) is 0.690. The summed E-state index contributed by atoms with van der Waals surface area (Å²) in [5.74, 6) is -0.825. The van der Waals surface area contributed by atoms with Crippen LogP contribution in [0.25, 0.3) is 0 Å². The molecule has 1 aromatic carbocycles. The van der Waals surface area contributed by atoms with E-state index < -0.39 is 11.9 Å². The molecule has 0 radical (unpaired) electrons. The Bertz CT molecular complexity index is 1170. The molecule has 2 N–H and O–H groups in total. The molecule has 0 bridgehead atoms. The quantitative estimate of drug-likeness (QED) is 0.281. The Hall–Kier alpha value is -2.89. The van der Waals surface area contributed by atoms with E-state index in [4.69, 9.17) is 38.7 Å². The van der Waals surface area contributed by atoms with Crippen LogP contribution in [-0.2, 0) is 30.4 Å². The Morgan fingerprint density at radius 2 is 1.85 bits per heavy atom. The van der Waals surface area contributed by atoms with Crippen LogP contribution in [0, 0.1) is 23.7 Å². The van der Waals surface area contributed by atoms with E-state index in [0.717, 1.165) is 70.0 Å². The van der Waals surface area contributed by atoms with Crippen molar-refractivity contribution < 1.29 is 48.4 Å². The number of carbonyl (C=O) groups excluding carboxylic acids is 2. The van der Waals surface area contributed by atoms with Gasteiger partial charge in [-0.2, -0.15) is 0 Å². The van der Waals surface area contributed by atoms with Crippen molar-refractivity contribution in [3.8, 4) is 11.5 Å². The zero-order chi connectivity index (χ0) is 28.2. The maximum Gasteiger partial charge on any atom is 0.351 e. The molecule has 0 aromatic heterocycles. The molecule has 5 fully saturated rings. The van der Waals surface area contributed by atoms with Gasteiger partial charge in [-0.15, -0.1) is 0 Å². The van der Waals surface area contributed by atoms with Crippen LogP contribution in [0.5, 0.6) is 11.5 Å². The number of hydrogen-bond donors (Lipinski definition) is 2. The van der Waals surface area contributed by atoms with Crippen molar-refractivity contribution in [3.05, 3.63) is 23.8 Å². The molecule has 4 aliphatic heterocycles. The number of quaternary nitrogens is 1. The number of carbonyl (C=O) groups is 3. The van der Waals surface area contributed by atoms with E-state index in [0.29, 0.717) is 24.5 Å². The number of rotatable bonds is 4. The fourth-order valence-electron chi connectivity index (χ4n) is 8.12. The number of aliphatic carboxylic acids is 2. The predicted octanol–water partition coefficient (Wildman–Crippen LogP) is -0.538. The van der Waals surface area contributed by atoms with Gasteiger partial charge in [0.05, 0.1) is 25.2 Å². The number of hydrogen-bond acceptors (Lipinski definition) is 9. The number of carboxylic acid groups (broad SMARTS) is 2. The second-order valence-electron chi connectivity index (χ2n) is 12.5. The summed E-state index contributed by atoms with van der Waals surface area (Å²) < 4.78 is 23.7. The molecule has 2 aliphatic carbocycles. The number of epoxide rings is 1. The van der Waals surface area contributed by atoms with Crippen LogP contribution in [0.15, 0.2) is 18.2 Å². The van der Waals surface area contributed by atoms with Gasteiger partial charge in [-0.25, -0.2) is 4.79 Å². The average Bonchev–Trinajstić information content (AvgIpc) is 3.29. The molecule has 4 heterocycles. The first-order valence-electron chi connectivity index (χ1n) is 14.4. The average molecular weight is 559 g/mol. The molecule has 2 saturated carbocycles. The van der Waals surface area contributed by atoms with Gasteiger partial charge in [-0.3, -0.25) is 9.69 Å². The van der Waals surface area contributed by atoms with Crippen molar-refractivity contribution in [2.24, 2.45) is 23.7 Å². The zero-order valence-electron chi connectivity index (χ0n) is 23.1. The normalized spacial score (nSPS) is 37.8. The van der Waals surface area contributed by atoms with Gasteiger partial charge < -0.3 is 38.9 Å². The zero-order valence-corrected chi connectivity index (χ0v) is 23.1. The molecule has 3 saturated heterocycles. The fourth-order valence-corrected chi connectivity index (χ4v) is 8.12. The SMILES string of the molecule is CC1CCC2C(C[NH+]3CCN(Cc4ccc5c(c4)OCO5)CC3)C(=O)OC23C1CCC1(C)OC13.O=C([O-])C(=O)O. The molecule has 7 rings (SSSR count). The monoisotopic (exact) mass is 558 g/mol. The molecular formula is C29H38N2O9. The molecular weight excluding hydrogens is 520 g/mol. The maximum absolute atomic E-state index is 13.3. The second kappa shape index (κ2) is 10.2. The number of nitrogens with zero attached hydrogens (tertiary/aromatic N) is 1. The van der Waals surface area contributed by atoms with Gasteiger partial charge in [0.15, 0.2) is 17.5 Å². The lowest BCUT2D eigenvalue weighted by atomic mass is 9.55. The van der Waals surface area contributed by atoms with Crippen molar-refractivity contribution in [2.45, 2.75) is 63.4 Å². The summed E-state index contributed by atoms with van der Waals surface area (Å²) in [7, 11) is 0. The Balaban J connectivity index is 0.000000438. The number of esters is 1. The van der Waals surface area contributed by atoms with Crippen molar-refractivity contribution in [3.63, 3.8) is 0 Å². The number of fused-ring (bicyclic) bond motifs is 2. The van der Waals surface area contributed by atoms with Crippen molar-refractivity contribution in [1.29, 1.82) is 0 Å². The molecule has 40 heavy (non-hydrogen) atoms. The Morgan fingerprint density at radius 3 is 2.58 bits per heavy atom. The second-order valence-corrected chi connectivity index (χ2v) is 12.5. The number of benzene rings is 1. The molecule has 7 unspecified atom stereocenters. The minimum Gasteiger partial charge on any atom is -0.539 e. The predicted molar refractivity (Wildman–Crippen MR) is 136 cm³/mol. The molecule has 11 heteroatoms. The van der Waals surface area contributed by atoms with Crippen LogP contribution in [0.2, 0.25) is 0 Å². The van der Waals surface area contributed by atoms with E-state index in [9.17, 15) is 4.79 Å². The first kappa shape index (κ1) is 27.3. The van der Waals surface area contributed by atoms with E-state index in [1.54, 1.807) is 4.90 Å². The highest BCUT2D eigenvalue weighted by Gasteiger charge is 2.77. The minimum absolute atomic E-state index is 0.0250. The number of nitrogens with one attached hydrogen (secondary N) is 1. The summed E-state index contributed by atoms with van der Waals surface area (Å²) in [6.07, 6.45) is 4.68. The summed E-state index contributed by atoms with van der Waals surface area (Å²) in [6.45, 7) is 11.0. The van der Waals surface area contributed by atoms with Crippen LogP contribution in [0.3, 0.4) is 0 Å². The number of carboxylic acids is 2. The molecule has 0 amide bonds. The Labute approximate surface area is 233 Å². The molecule has 218 valence electrons. The third-order valence-electron chi connectivity index (χ3n) is 10.2. The highest BCUT2D eigenvalue weighted by molar-refractivity contribution is 6.26. The third kappa shape index (κ3) is 4.71. The molecule has 11 nitrogen and oxygen atoms in total. The summed E-state index contributed by atoms with van der Waals surface area (Å²) in [5.41, 5.74) is 0.850. The topological polar surface area (TPSA) is 142 Å². The van der Waals surface area contributed by atoms with Crippen LogP contribution >= 0.6 is 0 Å². The van der Waals surface area contributed by atoms with Crippen molar-refractivity contribution in [1.82, 2.24) is 4.90 Å². The van der Waals surface area contributed by atoms with Crippen molar-refractivity contribution >= 4 is 17.9 Å². The summed E-state index contributed by atoms with van der Waals surface area (Å²) in [6, 6.07) is 6.26. The molecule has 7 atom stereocenters. The highest BCUT2D eigenvalue weighted by atomic mass is 16.7. The number of ether oxygens (including phenoxy) is 4. The van der Waals surface area contributed by atoms with Crippen LogP contribution < -0.4 is 19.5 Å². The first-order valence-corrected chi connectivity index (χ1v) is 14.4. The highest BCUT2D eigenvalue weighted by Crippen LogP contribution is 2.66. The van der Waals surface area contributed by atoms with Gasteiger partial charge in [0.25, 0.3) is 0 Å². The molecule has 1 aromatic rings. The first-order chi connectivity index (χ1) is 19.1. The third-order valence-corrected chi connectivity index (χ3v) is 10.2. The lowest BCUT2D eigenvalue weighted by molar-refractivity contribution is -0.907. The molecule has 1 spiro atoms. The van der Waals surface area contributed by atoms with Crippen LogP contribution in [0.4, 0.5) is 0 Å². The Kier molecular flexibility index (Phi) is 6.95. The summed E-state index contributed by atoms with van der Waals surface area (Å²) in [5, 5.41) is 16.3. The number of piperazine rings is 1. The maximum atomic E-state index is 13.3.